The van der Waals surface area contributed by atoms with E-state index in [0.717, 1.165) is 30.5 Å². The number of carbonyl (C=O) groups is 1. The van der Waals surface area contributed by atoms with Crippen LogP contribution < -0.4 is 0 Å². The van der Waals surface area contributed by atoms with E-state index >= 15 is 0 Å². The van der Waals surface area contributed by atoms with Crippen LogP contribution in [0.25, 0.3) is 16.9 Å². The quantitative estimate of drug-likeness (QED) is 0.309. The fourth-order valence-corrected chi connectivity index (χ4v) is 5.53. The molecule has 1 amide bonds. The van der Waals surface area contributed by atoms with Crippen LogP contribution >= 0.6 is 0 Å². The molecule has 11 heteroatoms. The second-order valence-corrected chi connectivity index (χ2v) is 9.09. The van der Waals surface area contributed by atoms with Gasteiger partial charge in [0.25, 0.3) is 5.91 Å². The van der Waals surface area contributed by atoms with Gasteiger partial charge in [0.2, 0.25) is 0 Å². The average Bonchev–Trinajstić information content (AvgIpc) is 3.49. The molecule has 6 rings (SSSR count). The van der Waals surface area contributed by atoms with Crippen molar-refractivity contribution in [2.75, 3.05) is 0 Å². The summed E-state index contributed by atoms with van der Waals surface area (Å²) in [6.45, 7) is 0. The standard InChI is InChI=1S/C25H20F4N6O/c1-33-24(13-9-18(27)22(29)19(28)10-13)17-12-15-3-2-4-20(23(17)32-33)34(15)25(36)16-6-5-14(26)11-21(16)35-30-7-8-31-35/h5-11,15,20H,2-4,12H2,1H3. The first-order chi connectivity index (χ1) is 17.3. The monoisotopic (exact) mass is 496 g/mol. The molecule has 2 bridgehead atoms. The number of hydrogen-bond acceptors (Lipinski definition) is 4. The van der Waals surface area contributed by atoms with Gasteiger partial charge in [-0.2, -0.15) is 20.1 Å². The Labute approximate surface area is 202 Å². The van der Waals surface area contributed by atoms with Crippen molar-refractivity contribution in [1.82, 2.24) is 29.7 Å². The van der Waals surface area contributed by atoms with Crippen LogP contribution in [0.2, 0.25) is 0 Å². The van der Waals surface area contributed by atoms with Crippen molar-refractivity contribution in [3.05, 3.63) is 82.8 Å². The lowest BCUT2D eigenvalue weighted by Crippen LogP contribution is -2.50. The van der Waals surface area contributed by atoms with Crippen LogP contribution in [0.3, 0.4) is 0 Å². The lowest BCUT2D eigenvalue weighted by molar-refractivity contribution is 0.0391. The molecule has 36 heavy (non-hydrogen) atoms. The van der Waals surface area contributed by atoms with Crippen molar-refractivity contribution in [3.8, 4) is 16.9 Å². The van der Waals surface area contributed by atoms with Crippen molar-refractivity contribution in [2.45, 2.75) is 37.8 Å². The Morgan fingerprint density at radius 1 is 1.00 bits per heavy atom. The summed E-state index contributed by atoms with van der Waals surface area (Å²) in [5.41, 5.74) is 2.60. The summed E-state index contributed by atoms with van der Waals surface area (Å²) < 4.78 is 57.3. The van der Waals surface area contributed by atoms with Gasteiger partial charge in [0.05, 0.1) is 35.4 Å². The largest absolute Gasteiger partial charge is 0.327 e. The zero-order chi connectivity index (χ0) is 25.1. The third kappa shape index (κ3) is 3.41. The molecule has 2 aliphatic heterocycles. The number of fused-ring (bicyclic) bond motifs is 4. The van der Waals surface area contributed by atoms with Crippen molar-refractivity contribution in [2.24, 2.45) is 7.05 Å². The molecule has 1 fully saturated rings. The van der Waals surface area contributed by atoms with Crippen LogP contribution in [0.4, 0.5) is 17.6 Å². The maximum Gasteiger partial charge on any atom is 0.256 e. The first-order valence-electron chi connectivity index (χ1n) is 11.5. The number of rotatable bonds is 3. The Balaban J connectivity index is 1.44. The number of benzene rings is 2. The first kappa shape index (κ1) is 22.4. The Morgan fingerprint density at radius 3 is 2.44 bits per heavy atom. The minimum Gasteiger partial charge on any atom is -0.327 e. The van der Waals surface area contributed by atoms with Crippen LogP contribution in [0.1, 0.15) is 46.9 Å². The van der Waals surface area contributed by atoms with E-state index in [9.17, 15) is 22.4 Å². The van der Waals surface area contributed by atoms with E-state index in [1.165, 1.54) is 40.1 Å². The maximum absolute atomic E-state index is 14.1. The topological polar surface area (TPSA) is 68.8 Å². The highest BCUT2D eigenvalue weighted by atomic mass is 19.2. The first-order valence-corrected chi connectivity index (χ1v) is 11.5. The fourth-order valence-electron chi connectivity index (χ4n) is 5.53. The number of amides is 1. The van der Waals surface area contributed by atoms with Gasteiger partial charge in [0.1, 0.15) is 11.5 Å². The SMILES string of the molecule is Cn1nc2c(c1-c1cc(F)c(F)c(F)c1)CC1CCCC2N1C(=O)c1ccc(F)cc1-n1nccn1. The van der Waals surface area contributed by atoms with Crippen LogP contribution in [-0.2, 0) is 13.5 Å². The highest BCUT2D eigenvalue weighted by molar-refractivity contribution is 5.98. The average molecular weight is 496 g/mol. The molecule has 0 radical (unpaired) electrons. The normalized spacial score (nSPS) is 18.9. The summed E-state index contributed by atoms with van der Waals surface area (Å²) in [7, 11) is 1.66. The Morgan fingerprint density at radius 2 is 1.72 bits per heavy atom. The smallest absolute Gasteiger partial charge is 0.256 e. The molecule has 184 valence electrons. The summed E-state index contributed by atoms with van der Waals surface area (Å²) in [6, 6.07) is 5.21. The van der Waals surface area contributed by atoms with Gasteiger partial charge in [0.15, 0.2) is 17.5 Å². The van der Waals surface area contributed by atoms with Crippen molar-refractivity contribution in [3.63, 3.8) is 0 Å². The van der Waals surface area contributed by atoms with E-state index in [-0.39, 0.29) is 34.8 Å². The molecule has 7 nitrogen and oxygen atoms in total. The molecule has 0 saturated carbocycles. The van der Waals surface area contributed by atoms with Crippen molar-refractivity contribution < 1.29 is 22.4 Å². The zero-order valence-electron chi connectivity index (χ0n) is 19.1. The van der Waals surface area contributed by atoms with Gasteiger partial charge in [0, 0.05) is 30.3 Å². The van der Waals surface area contributed by atoms with Crippen LogP contribution in [0.15, 0.2) is 42.7 Å². The summed E-state index contributed by atoms with van der Waals surface area (Å²) in [5, 5.41) is 12.8. The number of aryl methyl sites for hydroxylation is 1. The van der Waals surface area contributed by atoms with Gasteiger partial charge in [-0.3, -0.25) is 9.48 Å². The molecule has 0 spiro atoms. The lowest BCUT2D eigenvalue weighted by Gasteiger charge is -2.45. The lowest BCUT2D eigenvalue weighted by atomic mass is 9.81. The van der Waals surface area contributed by atoms with Crippen molar-refractivity contribution in [1.29, 1.82) is 0 Å². The van der Waals surface area contributed by atoms with Gasteiger partial charge in [-0.1, -0.05) is 0 Å². The molecule has 1 saturated heterocycles. The Bertz CT molecular complexity index is 1480. The Kier molecular flexibility index (Phi) is 5.16. The second-order valence-electron chi connectivity index (χ2n) is 9.09. The van der Waals surface area contributed by atoms with Gasteiger partial charge >= 0.3 is 0 Å². The molecule has 0 aliphatic carbocycles. The third-order valence-electron chi connectivity index (χ3n) is 6.99. The molecule has 4 heterocycles. The zero-order valence-corrected chi connectivity index (χ0v) is 19.1. The van der Waals surface area contributed by atoms with Crippen LogP contribution in [0, 0.1) is 23.3 Å². The fraction of sp³-hybridized carbons (Fsp3) is 0.280. The molecule has 2 unspecified atom stereocenters. The third-order valence-corrected chi connectivity index (χ3v) is 6.99. The van der Waals surface area contributed by atoms with E-state index in [2.05, 4.69) is 15.3 Å². The molecule has 2 aromatic heterocycles. The number of halogens is 4. The van der Waals surface area contributed by atoms with Crippen LogP contribution in [-0.4, -0.2) is 41.6 Å². The van der Waals surface area contributed by atoms with Gasteiger partial charge in [-0.15, -0.1) is 0 Å². The van der Waals surface area contributed by atoms with E-state index in [1.54, 1.807) is 11.9 Å². The predicted octanol–water partition coefficient (Wildman–Crippen LogP) is 4.52. The molecule has 2 aromatic carbocycles. The Hall–Kier alpha value is -4.02. The molecule has 2 atom stereocenters. The predicted molar refractivity (Wildman–Crippen MR) is 120 cm³/mol. The number of carbonyl (C=O) groups excluding carboxylic acids is 1. The molecule has 2 aliphatic rings. The van der Waals surface area contributed by atoms with Crippen LogP contribution in [0.5, 0.6) is 0 Å². The summed E-state index contributed by atoms with van der Waals surface area (Å²) in [5.74, 6) is -4.89. The summed E-state index contributed by atoms with van der Waals surface area (Å²) >= 11 is 0. The molecule has 4 aromatic rings. The molecular formula is C25H20F4N6O. The van der Waals surface area contributed by atoms with E-state index in [4.69, 9.17) is 0 Å². The highest BCUT2D eigenvalue weighted by Crippen LogP contribution is 2.45. The minimum absolute atomic E-state index is 0.186. The summed E-state index contributed by atoms with van der Waals surface area (Å²) in [4.78, 5) is 16.9. The van der Waals surface area contributed by atoms with Gasteiger partial charge in [-0.25, -0.2) is 17.6 Å². The number of nitrogens with zero attached hydrogens (tertiary/aromatic N) is 6. The molecular weight excluding hydrogens is 476 g/mol. The van der Waals surface area contributed by atoms with Gasteiger partial charge in [-0.05, 0) is 49.9 Å². The van der Waals surface area contributed by atoms with E-state index in [1.807, 2.05) is 0 Å². The minimum atomic E-state index is -1.52. The molecule has 0 N–H and O–H groups in total. The number of piperidine rings is 1. The van der Waals surface area contributed by atoms with Gasteiger partial charge < -0.3 is 4.90 Å². The highest BCUT2D eigenvalue weighted by Gasteiger charge is 2.44. The summed E-state index contributed by atoms with van der Waals surface area (Å²) in [6.07, 6.45) is 5.54. The number of aromatic nitrogens is 5. The van der Waals surface area contributed by atoms with E-state index < -0.39 is 23.3 Å². The van der Waals surface area contributed by atoms with E-state index in [0.29, 0.717) is 24.2 Å². The second kappa shape index (κ2) is 8.28. The van der Waals surface area contributed by atoms with Crippen molar-refractivity contribution >= 4 is 5.91 Å². The number of hydrogen-bond donors (Lipinski definition) is 0. The maximum atomic E-state index is 14.1.